The van der Waals surface area contributed by atoms with Crippen molar-refractivity contribution in [2.75, 3.05) is 0 Å². The van der Waals surface area contributed by atoms with Crippen molar-refractivity contribution in [2.45, 2.75) is 0 Å². The average Bonchev–Trinajstić information content (AvgIpc) is 1.12. The molecule has 0 amide bonds. The maximum atomic E-state index is 8.89. The Kier molecular flexibility index (Phi) is 49.5. The Morgan fingerprint density at radius 2 is 0.714 bits per heavy atom. The molecule has 0 heterocycles. The van der Waals surface area contributed by atoms with Crippen molar-refractivity contribution in [1.82, 2.24) is 0 Å². The summed E-state index contributed by atoms with van der Waals surface area (Å²) in [5.74, 6) is 0. The average molecular weight is 348 g/mol. The van der Waals surface area contributed by atoms with Crippen LogP contribution in [0.15, 0.2) is 0 Å². The zero-order valence-electron chi connectivity index (χ0n) is 8.08. The monoisotopic (exact) mass is 348 g/mol. The Hall–Kier alpha value is 5.85. The van der Waals surface area contributed by atoms with Crippen molar-refractivity contribution in [3.8, 4) is 0 Å². The second kappa shape index (κ2) is 18.9. The largest absolute Gasteiger partial charge is 1.00 e. The van der Waals surface area contributed by atoms with Gasteiger partial charge in [-0.15, -0.1) is 18.1 Å². The molecule has 0 aromatic carbocycles. The third-order valence-corrected chi connectivity index (χ3v) is 0. The maximum absolute atomic E-state index is 8.89. The number of hydrogen-bond acceptors (Lipinski definition) is 8. The topological polar surface area (TPSA) is 126 Å². The molecule has 14 heteroatoms. The minimum absolute atomic E-state index is 0. The van der Waals surface area contributed by atoms with Gasteiger partial charge in [0.15, 0.2) is 0 Å². The van der Waals surface area contributed by atoms with Gasteiger partial charge in [0.1, 0.15) is 0 Å². The molecule has 0 aliphatic heterocycles. The standard InChI is InChI=1S/2K.2Na.2H2O3S2/c;;;;2*1-5(2,3)4/h;;;;2*(H2,1,2,3,4)/q4*+1;;/p-4. The van der Waals surface area contributed by atoms with Crippen LogP contribution >= 0.6 is 0 Å². The Morgan fingerprint density at radius 1 is 0.714 bits per heavy atom. The van der Waals surface area contributed by atoms with Gasteiger partial charge in [-0.2, -0.15) is 0 Å². The van der Waals surface area contributed by atoms with Gasteiger partial charge < -0.3 is 18.2 Å². The fourth-order valence-electron chi connectivity index (χ4n) is 0. The minimum Gasteiger partial charge on any atom is -0.780 e. The molecule has 64 valence electrons. The second-order valence-corrected chi connectivity index (χ2v) is 4.90. The Labute approximate surface area is 222 Å². The predicted molar refractivity (Wildman–Crippen MR) is 34.1 cm³/mol. The van der Waals surface area contributed by atoms with E-state index in [1.807, 2.05) is 0 Å². The fraction of sp³-hybridized carbons (Fsp3) is 0. The van der Waals surface area contributed by atoms with E-state index in [9.17, 15) is 0 Å². The van der Waals surface area contributed by atoms with Gasteiger partial charge in [0.05, 0.1) is 0 Å². The quantitative estimate of drug-likeness (QED) is 0.395. The van der Waals surface area contributed by atoms with Crippen LogP contribution in [0.1, 0.15) is 0 Å². The van der Waals surface area contributed by atoms with Crippen LogP contribution in [0.2, 0.25) is 0 Å². The van der Waals surface area contributed by atoms with Gasteiger partial charge in [0.25, 0.3) is 0 Å². The molecular weight excluding hydrogens is 348 g/mol. The normalized spacial score (nSPS) is 8.29. The molecule has 0 aliphatic rings. The Morgan fingerprint density at radius 3 is 0.714 bits per heavy atom. The van der Waals surface area contributed by atoms with E-state index in [1.54, 1.807) is 0 Å². The predicted octanol–water partition coefficient (Wildman–Crippen LogP) is -14.0. The van der Waals surface area contributed by atoms with Crippen LogP contribution in [0.3, 0.4) is 0 Å². The molecule has 0 fully saturated rings. The van der Waals surface area contributed by atoms with Crippen molar-refractivity contribution in [2.24, 2.45) is 0 Å². The first-order chi connectivity index (χ1) is 4.00. The van der Waals surface area contributed by atoms with E-state index < -0.39 is 18.1 Å². The summed E-state index contributed by atoms with van der Waals surface area (Å²) >= 11 is 6.49. The zero-order valence-corrected chi connectivity index (χ0v) is 21.6. The van der Waals surface area contributed by atoms with Crippen molar-refractivity contribution in [3.63, 3.8) is 0 Å². The molecule has 0 aromatic rings. The van der Waals surface area contributed by atoms with E-state index in [4.69, 9.17) is 26.6 Å². The molecule has 0 saturated carbocycles. The van der Waals surface area contributed by atoms with Crippen LogP contribution in [0.4, 0.5) is 0 Å². The van der Waals surface area contributed by atoms with Crippen LogP contribution < -0.4 is 162 Å². The number of rotatable bonds is 0. The summed E-state index contributed by atoms with van der Waals surface area (Å²) in [6.07, 6.45) is 0. The summed E-state index contributed by atoms with van der Waals surface area (Å²) in [6, 6.07) is 0. The molecular formula is K2Na2O6S4. The molecule has 0 N–H and O–H groups in total. The summed E-state index contributed by atoms with van der Waals surface area (Å²) in [4.78, 5) is 0. The molecule has 0 aliphatic carbocycles. The molecule has 0 spiro atoms. The van der Waals surface area contributed by atoms with Crippen LogP contribution in [-0.2, 0) is 40.5 Å². The first kappa shape index (κ1) is 36.8. The van der Waals surface area contributed by atoms with Crippen LogP contribution in [0.5, 0.6) is 0 Å². The van der Waals surface area contributed by atoms with Crippen LogP contribution in [0, 0.1) is 0 Å². The molecule has 6 nitrogen and oxygen atoms in total. The summed E-state index contributed by atoms with van der Waals surface area (Å²) in [6.45, 7) is 0. The van der Waals surface area contributed by atoms with Crippen LogP contribution in [-0.4, -0.2) is 26.6 Å². The Balaban J connectivity index is -0.0000000178. The zero-order chi connectivity index (χ0) is 9.00. The van der Waals surface area contributed by atoms with Gasteiger partial charge in [0, 0.05) is 0 Å². The summed E-state index contributed by atoms with van der Waals surface area (Å²) in [5.41, 5.74) is 0. The summed E-state index contributed by atoms with van der Waals surface area (Å²) in [7, 11) is -8.67. The van der Waals surface area contributed by atoms with E-state index in [0.29, 0.717) is 0 Å². The minimum atomic E-state index is -4.33. The molecule has 0 unspecified atom stereocenters. The smallest absolute Gasteiger partial charge is 0.780 e. The van der Waals surface area contributed by atoms with E-state index in [2.05, 4.69) is 22.4 Å². The van der Waals surface area contributed by atoms with Crippen LogP contribution in [0.25, 0.3) is 0 Å². The third-order valence-electron chi connectivity index (χ3n) is 0. The van der Waals surface area contributed by atoms with E-state index in [0.717, 1.165) is 0 Å². The van der Waals surface area contributed by atoms with Gasteiger partial charge >= 0.3 is 162 Å². The molecule has 0 bridgehead atoms. The fourth-order valence-corrected chi connectivity index (χ4v) is 0. The molecule has 0 radical (unpaired) electrons. The van der Waals surface area contributed by atoms with Gasteiger partial charge in [-0.3, -0.25) is 8.42 Å². The van der Waals surface area contributed by atoms with Gasteiger partial charge in [-0.1, -0.05) is 0 Å². The molecule has 14 heavy (non-hydrogen) atoms. The van der Waals surface area contributed by atoms with Gasteiger partial charge in [-0.25, -0.2) is 0 Å². The van der Waals surface area contributed by atoms with E-state index >= 15 is 0 Å². The summed E-state index contributed by atoms with van der Waals surface area (Å²) < 4.78 is 53.3. The molecule has 0 saturated heterocycles. The first-order valence-electron chi connectivity index (χ1n) is 1.33. The summed E-state index contributed by atoms with van der Waals surface area (Å²) in [5, 5.41) is 0. The molecule has 0 atom stereocenters. The van der Waals surface area contributed by atoms with Crippen molar-refractivity contribution < 1.29 is 189 Å². The SMILES string of the molecule is O=S([O-])([O-])=S.O=S([O-])([O-])=S.[K+].[K+].[Na+].[Na+]. The molecule has 0 rings (SSSR count). The van der Waals surface area contributed by atoms with Gasteiger partial charge in [0.2, 0.25) is 0 Å². The first-order valence-corrected chi connectivity index (χ1v) is 6.00. The Bertz CT molecular complexity index is 222. The van der Waals surface area contributed by atoms with Crippen molar-refractivity contribution in [3.05, 3.63) is 0 Å². The van der Waals surface area contributed by atoms with E-state index in [-0.39, 0.29) is 162 Å². The number of hydrogen-bond donors (Lipinski definition) is 0. The van der Waals surface area contributed by atoms with E-state index in [1.165, 1.54) is 0 Å². The van der Waals surface area contributed by atoms with Crippen molar-refractivity contribution >= 4 is 40.5 Å². The van der Waals surface area contributed by atoms with Crippen molar-refractivity contribution in [1.29, 1.82) is 0 Å². The second-order valence-electron chi connectivity index (χ2n) is 0.816. The maximum Gasteiger partial charge on any atom is 1.00 e. The third kappa shape index (κ3) is 148. The van der Waals surface area contributed by atoms with Gasteiger partial charge in [-0.05, 0) is 22.4 Å². The molecule has 0 aromatic heterocycles.